The van der Waals surface area contributed by atoms with Crippen LogP contribution in [0.3, 0.4) is 0 Å². The molecule has 0 amide bonds. The molecule has 0 aromatic heterocycles. The summed E-state index contributed by atoms with van der Waals surface area (Å²) in [6, 6.07) is 1.73. The van der Waals surface area contributed by atoms with E-state index in [1.807, 2.05) is 11.9 Å². The molecule has 1 aromatic carbocycles. The van der Waals surface area contributed by atoms with Crippen LogP contribution in [0.25, 0.3) is 0 Å². The quantitative estimate of drug-likeness (QED) is 0.811. The molecule has 0 saturated carbocycles. The van der Waals surface area contributed by atoms with Gasteiger partial charge < -0.3 is 10.6 Å². The highest BCUT2D eigenvalue weighted by atomic mass is 32.2. The summed E-state index contributed by atoms with van der Waals surface area (Å²) in [7, 11) is -2.22. The van der Waals surface area contributed by atoms with Crippen LogP contribution in [0.15, 0.2) is 17.0 Å². The highest BCUT2D eigenvalue weighted by molar-refractivity contribution is 7.89. The SMILES string of the molecule is CN1CCCC1CNS(=O)(=O)c1cc(N)cc(F)c1F. The molecular formula is C12H17F2N3O2S. The van der Waals surface area contributed by atoms with Gasteiger partial charge in [0.1, 0.15) is 4.90 Å². The maximum atomic E-state index is 13.6. The number of rotatable bonds is 4. The summed E-state index contributed by atoms with van der Waals surface area (Å²) in [5.74, 6) is -2.69. The number of sulfonamides is 1. The third-order valence-corrected chi connectivity index (χ3v) is 4.91. The second kappa shape index (κ2) is 5.63. The predicted octanol–water partition coefficient (Wildman–Crippen LogP) is 0.919. The molecule has 1 atom stereocenters. The van der Waals surface area contributed by atoms with E-state index in [1.165, 1.54) is 0 Å². The zero-order valence-corrected chi connectivity index (χ0v) is 11.9. The number of likely N-dealkylation sites (tertiary alicyclic amines) is 1. The van der Waals surface area contributed by atoms with Gasteiger partial charge in [-0.1, -0.05) is 0 Å². The second-order valence-corrected chi connectivity index (χ2v) is 6.68. The summed E-state index contributed by atoms with van der Waals surface area (Å²) in [5, 5.41) is 0. The van der Waals surface area contributed by atoms with Crippen molar-refractivity contribution < 1.29 is 17.2 Å². The van der Waals surface area contributed by atoms with Crippen molar-refractivity contribution >= 4 is 15.7 Å². The maximum absolute atomic E-state index is 13.6. The fourth-order valence-corrected chi connectivity index (χ4v) is 3.49. The third-order valence-electron chi connectivity index (χ3n) is 3.49. The van der Waals surface area contributed by atoms with E-state index in [0.717, 1.165) is 31.5 Å². The molecule has 0 radical (unpaired) electrons. The molecule has 1 aromatic rings. The number of hydrogen-bond donors (Lipinski definition) is 2. The molecule has 1 aliphatic rings. The van der Waals surface area contributed by atoms with Crippen molar-refractivity contribution in [1.82, 2.24) is 9.62 Å². The first-order chi connectivity index (χ1) is 9.31. The van der Waals surface area contributed by atoms with Gasteiger partial charge in [0.05, 0.1) is 0 Å². The fraction of sp³-hybridized carbons (Fsp3) is 0.500. The lowest BCUT2D eigenvalue weighted by atomic mass is 10.2. The Morgan fingerprint density at radius 2 is 2.15 bits per heavy atom. The lowest BCUT2D eigenvalue weighted by Gasteiger charge is -2.19. The van der Waals surface area contributed by atoms with Crippen LogP contribution in [0.1, 0.15) is 12.8 Å². The van der Waals surface area contributed by atoms with Gasteiger partial charge in [-0.3, -0.25) is 0 Å². The number of nitrogen functional groups attached to an aromatic ring is 1. The Labute approximate surface area is 116 Å². The average Bonchev–Trinajstić information content (AvgIpc) is 2.77. The van der Waals surface area contributed by atoms with Crippen molar-refractivity contribution in [2.75, 3.05) is 25.9 Å². The average molecular weight is 305 g/mol. The van der Waals surface area contributed by atoms with Gasteiger partial charge in [0.25, 0.3) is 0 Å². The van der Waals surface area contributed by atoms with Crippen LogP contribution in [0.4, 0.5) is 14.5 Å². The largest absolute Gasteiger partial charge is 0.399 e. The van der Waals surface area contributed by atoms with Crippen molar-refractivity contribution in [3.63, 3.8) is 0 Å². The standard InChI is InChI=1S/C12H17F2N3O2S/c1-17-4-2-3-9(17)7-16-20(18,19)11-6-8(15)5-10(13)12(11)14/h5-6,9,16H,2-4,7,15H2,1H3. The summed E-state index contributed by atoms with van der Waals surface area (Å²) in [6.45, 7) is 1.06. The Balaban J connectivity index is 2.18. The molecule has 20 heavy (non-hydrogen) atoms. The summed E-state index contributed by atoms with van der Waals surface area (Å²) in [6.07, 6.45) is 1.86. The van der Waals surface area contributed by atoms with E-state index < -0.39 is 26.6 Å². The van der Waals surface area contributed by atoms with Gasteiger partial charge in [-0.05, 0) is 38.6 Å². The van der Waals surface area contributed by atoms with Gasteiger partial charge in [0.15, 0.2) is 11.6 Å². The van der Waals surface area contributed by atoms with Gasteiger partial charge in [-0.15, -0.1) is 0 Å². The number of nitrogens with one attached hydrogen (secondary N) is 1. The first-order valence-electron chi connectivity index (χ1n) is 6.25. The van der Waals surface area contributed by atoms with Crippen molar-refractivity contribution in [2.24, 2.45) is 0 Å². The van der Waals surface area contributed by atoms with E-state index in [4.69, 9.17) is 5.73 Å². The number of halogens is 2. The summed E-state index contributed by atoms with van der Waals surface area (Å²) >= 11 is 0. The van der Waals surface area contributed by atoms with Crippen LogP contribution in [-0.2, 0) is 10.0 Å². The van der Waals surface area contributed by atoms with Gasteiger partial charge in [0.2, 0.25) is 10.0 Å². The van der Waals surface area contributed by atoms with E-state index in [9.17, 15) is 17.2 Å². The van der Waals surface area contributed by atoms with E-state index in [1.54, 1.807) is 0 Å². The van der Waals surface area contributed by atoms with E-state index >= 15 is 0 Å². The van der Waals surface area contributed by atoms with E-state index in [2.05, 4.69) is 4.72 Å². The van der Waals surface area contributed by atoms with Crippen LogP contribution in [-0.4, -0.2) is 39.5 Å². The lowest BCUT2D eigenvalue weighted by Crippen LogP contribution is -2.38. The molecule has 8 heteroatoms. The van der Waals surface area contributed by atoms with Crippen LogP contribution >= 0.6 is 0 Å². The monoisotopic (exact) mass is 305 g/mol. The number of likely N-dealkylation sites (N-methyl/N-ethyl adjacent to an activating group) is 1. The molecule has 3 N–H and O–H groups in total. The Bertz CT molecular complexity index is 607. The van der Waals surface area contributed by atoms with E-state index in [-0.39, 0.29) is 18.3 Å². The highest BCUT2D eigenvalue weighted by Crippen LogP contribution is 2.21. The Morgan fingerprint density at radius 1 is 1.45 bits per heavy atom. The molecule has 1 aliphatic heterocycles. The van der Waals surface area contributed by atoms with Crippen LogP contribution in [0.5, 0.6) is 0 Å². The van der Waals surface area contributed by atoms with Crippen LogP contribution in [0, 0.1) is 11.6 Å². The smallest absolute Gasteiger partial charge is 0.243 e. The number of nitrogens with zero attached hydrogens (tertiary/aromatic N) is 1. The second-order valence-electron chi connectivity index (χ2n) is 4.94. The first kappa shape index (κ1) is 15.1. The molecule has 0 bridgehead atoms. The normalized spacial score (nSPS) is 20.4. The zero-order valence-electron chi connectivity index (χ0n) is 11.1. The Kier molecular flexibility index (Phi) is 4.26. The van der Waals surface area contributed by atoms with Crippen molar-refractivity contribution in [2.45, 2.75) is 23.8 Å². The summed E-state index contributed by atoms with van der Waals surface area (Å²) < 4.78 is 53.2. The predicted molar refractivity (Wildman–Crippen MR) is 71.6 cm³/mol. The Hall–Kier alpha value is -1.25. The van der Waals surface area contributed by atoms with E-state index in [0.29, 0.717) is 0 Å². The molecule has 1 fully saturated rings. The van der Waals surface area contributed by atoms with Gasteiger partial charge in [-0.2, -0.15) is 0 Å². The van der Waals surface area contributed by atoms with Crippen LogP contribution < -0.4 is 10.5 Å². The van der Waals surface area contributed by atoms with Gasteiger partial charge in [0, 0.05) is 18.3 Å². The van der Waals surface area contributed by atoms with Crippen molar-refractivity contribution in [1.29, 1.82) is 0 Å². The zero-order chi connectivity index (χ0) is 14.9. The van der Waals surface area contributed by atoms with Gasteiger partial charge >= 0.3 is 0 Å². The third kappa shape index (κ3) is 3.08. The first-order valence-corrected chi connectivity index (χ1v) is 7.74. The molecule has 112 valence electrons. The number of benzene rings is 1. The summed E-state index contributed by atoms with van der Waals surface area (Å²) in [5.41, 5.74) is 5.22. The molecule has 1 saturated heterocycles. The topological polar surface area (TPSA) is 75.4 Å². The molecular weight excluding hydrogens is 288 g/mol. The van der Waals surface area contributed by atoms with Gasteiger partial charge in [-0.25, -0.2) is 21.9 Å². The minimum atomic E-state index is -4.12. The van der Waals surface area contributed by atoms with Crippen LogP contribution in [0.2, 0.25) is 0 Å². The maximum Gasteiger partial charge on any atom is 0.243 e. The molecule has 5 nitrogen and oxygen atoms in total. The van der Waals surface area contributed by atoms with Crippen molar-refractivity contribution in [3.8, 4) is 0 Å². The number of nitrogens with two attached hydrogens (primary N) is 1. The number of anilines is 1. The number of hydrogen-bond acceptors (Lipinski definition) is 4. The minimum Gasteiger partial charge on any atom is -0.399 e. The fourth-order valence-electron chi connectivity index (χ4n) is 2.30. The molecule has 0 spiro atoms. The lowest BCUT2D eigenvalue weighted by molar-refractivity contribution is 0.310. The van der Waals surface area contributed by atoms with Crippen molar-refractivity contribution in [3.05, 3.63) is 23.8 Å². The summed E-state index contributed by atoms with van der Waals surface area (Å²) in [4.78, 5) is 1.27. The molecule has 0 aliphatic carbocycles. The Morgan fingerprint density at radius 3 is 2.75 bits per heavy atom. The minimum absolute atomic E-state index is 0.0683. The molecule has 1 unspecified atom stereocenters. The molecule has 2 rings (SSSR count). The molecule has 1 heterocycles. The highest BCUT2D eigenvalue weighted by Gasteiger charge is 2.26.